The van der Waals surface area contributed by atoms with Gasteiger partial charge < -0.3 is 20.5 Å². The molecule has 0 spiro atoms. The molecule has 1 aliphatic rings. The molecule has 1 heterocycles. The number of carbonyl (C=O) groups is 3. The second-order valence-corrected chi connectivity index (χ2v) is 11.0. The number of hydrogen-bond donors (Lipinski definition) is 4. The number of aromatic nitrogens is 2. The highest BCUT2D eigenvalue weighted by atomic mass is 32.1. The van der Waals surface area contributed by atoms with Gasteiger partial charge >= 0.3 is 5.97 Å². The fourth-order valence-corrected chi connectivity index (χ4v) is 4.94. The van der Waals surface area contributed by atoms with Gasteiger partial charge in [0.05, 0.1) is 12.7 Å². The summed E-state index contributed by atoms with van der Waals surface area (Å²) >= 11 is 4.08. The van der Waals surface area contributed by atoms with Crippen molar-refractivity contribution in [3.05, 3.63) is 84.7 Å². The first-order valence-corrected chi connectivity index (χ1v) is 15.4. The van der Waals surface area contributed by atoms with Crippen molar-refractivity contribution >= 4 is 30.4 Å². The van der Waals surface area contributed by atoms with Crippen LogP contribution in [0.2, 0.25) is 0 Å². The van der Waals surface area contributed by atoms with Crippen LogP contribution in [0.4, 0.5) is 0 Å². The van der Waals surface area contributed by atoms with Crippen molar-refractivity contribution < 1.29 is 24.2 Å². The molecule has 0 aliphatic heterocycles. The summed E-state index contributed by atoms with van der Waals surface area (Å²) in [5.74, 6) is -2.01. The number of benzene rings is 1. The van der Waals surface area contributed by atoms with E-state index in [0.717, 1.165) is 49.0 Å². The maximum Gasteiger partial charge on any atom is 0.356 e. The van der Waals surface area contributed by atoms with Gasteiger partial charge in [-0.3, -0.25) is 9.59 Å². The summed E-state index contributed by atoms with van der Waals surface area (Å²) < 4.78 is 7.27. The Hall–Kier alpha value is -3.63. The Kier molecular flexibility index (Phi) is 16.2. The smallest absolute Gasteiger partial charge is 0.356 e. The fraction of sp³-hybridized carbons (Fsp3) is 0.455. The largest absolute Gasteiger partial charge is 0.476 e. The predicted octanol–water partition coefficient (Wildman–Crippen LogP) is 6.00. The van der Waals surface area contributed by atoms with Crippen LogP contribution in [0, 0.1) is 0 Å². The van der Waals surface area contributed by atoms with E-state index in [1.54, 1.807) is 12.2 Å². The number of nitrogens with zero attached hydrogens (tertiary/aromatic N) is 2. The molecule has 0 radical (unpaired) electrons. The van der Waals surface area contributed by atoms with Gasteiger partial charge in [0.15, 0.2) is 5.69 Å². The molecule has 10 heteroatoms. The zero-order chi connectivity index (χ0) is 31.6. The third-order valence-corrected chi connectivity index (χ3v) is 7.37. The van der Waals surface area contributed by atoms with E-state index in [9.17, 15) is 19.5 Å². The van der Waals surface area contributed by atoms with Crippen LogP contribution in [0.15, 0.2) is 78.3 Å². The molecule has 1 aromatic carbocycles. The highest BCUT2D eigenvalue weighted by Crippen LogP contribution is 2.18. The van der Waals surface area contributed by atoms with Gasteiger partial charge in [0.1, 0.15) is 12.2 Å². The Bertz CT molecular complexity index is 1220. The van der Waals surface area contributed by atoms with E-state index in [4.69, 9.17) is 4.74 Å². The summed E-state index contributed by atoms with van der Waals surface area (Å²) in [6.45, 7) is 11.7. The predicted molar refractivity (Wildman–Crippen MR) is 173 cm³/mol. The second kappa shape index (κ2) is 19.5. The minimum atomic E-state index is -1.26. The molecule has 3 N–H and O–H groups in total. The van der Waals surface area contributed by atoms with Crippen LogP contribution in [0.3, 0.4) is 0 Å². The number of ether oxygens (including phenoxy) is 1. The van der Waals surface area contributed by atoms with E-state index in [0.29, 0.717) is 19.4 Å². The lowest BCUT2D eigenvalue weighted by Gasteiger charge is -2.24. The van der Waals surface area contributed by atoms with Gasteiger partial charge in [-0.2, -0.15) is 5.10 Å². The normalized spacial score (nSPS) is 14.6. The van der Waals surface area contributed by atoms with Crippen molar-refractivity contribution in [3.63, 3.8) is 0 Å². The summed E-state index contributed by atoms with van der Waals surface area (Å²) in [6.07, 6.45) is 12.2. The first-order valence-electron chi connectivity index (χ1n) is 14.9. The lowest BCUT2D eigenvalue weighted by atomic mass is 10.0. The minimum absolute atomic E-state index is 0.0447. The molecule has 0 bridgehead atoms. The van der Waals surface area contributed by atoms with Crippen molar-refractivity contribution in [2.75, 3.05) is 6.61 Å². The van der Waals surface area contributed by atoms with E-state index < -0.39 is 11.9 Å². The number of carboxylic acids is 1. The van der Waals surface area contributed by atoms with Gasteiger partial charge in [0, 0.05) is 23.0 Å². The van der Waals surface area contributed by atoms with Gasteiger partial charge in [-0.25, -0.2) is 9.48 Å². The topological polar surface area (TPSA) is 123 Å². The Morgan fingerprint density at radius 3 is 2.42 bits per heavy atom. The molecule has 2 amide bonds. The number of aromatic carboxylic acids is 1. The quantitative estimate of drug-likeness (QED) is 0.137. The number of carboxylic acid groups (broad SMARTS) is 1. The molecule has 1 saturated carbocycles. The molecule has 2 atom stereocenters. The summed E-state index contributed by atoms with van der Waals surface area (Å²) in [7, 11) is 0. The average molecular weight is 611 g/mol. The zero-order valence-electron chi connectivity index (χ0n) is 25.3. The lowest BCUT2D eigenvalue weighted by molar-refractivity contribution is -0.122. The molecule has 1 aromatic heterocycles. The number of allylic oxidation sites excluding steroid dienone is 2. The molecule has 2 aromatic rings. The van der Waals surface area contributed by atoms with Crippen LogP contribution in [-0.2, 0) is 16.1 Å². The van der Waals surface area contributed by atoms with Crippen molar-refractivity contribution in [1.82, 2.24) is 20.4 Å². The second-order valence-electron chi connectivity index (χ2n) is 10.5. The van der Waals surface area contributed by atoms with Gasteiger partial charge in [-0.1, -0.05) is 82.7 Å². The summed E-state index contributed by atoms with van der Waals surface area (Å²) in [4.78, 5) is 38.2. The maximum atomic E-state index is 13.2. The van der Waals surface area contributed by atoms with Gasteiger partial charge in [-0.15, -0.1) is 12.6 Å². The fourth-order valence-electron chi connectivity index (χ4n) is 4.77. The Morgan fingerprint density at radius 2 is 1.88 bits per heavy atom. The van der Waals surface area contributed by atoms with Crippen molar-refractivity contribution in [2.45, 2.75) is 94.8 Å². The number of thiol groups is 1. The van der Waals surface area contributed by atoms with Crippen LogP contribution < -0.4 is 10.6 Å². The lowest BCUT2D eigenvalue weighted by Crippen LogP contribution is -2.40. The van der Waals surface area contributed by atoms with Crippen LogP contribution in [0.5, 0.6) is 0 Å². The molecule has 234 valence electrons. The van der Waals surface area contributed by atoms with Crippen molar-refractivity contribution in [3.8, 4) is 0 Å². The summed E-state index contributed by atoms with van der Waals surface area (Å²) in [5, 5.41) is 19.3. The number of amides is 2. The monoisotopic (exact) mass is 610 g/mol. The summed E-state index contributed by atoms with van der Waals surface area (Å²) in [6, 6.07) is 10.9. The average Bonchev–Trinajstić information content (AvgIpc) is 3.65. The van der Waals surface area contributed by atoms with Crippen LogP contribution in [-0.4, -0.2) is 57.5 Å². The zero-order valence-corrected chi connectivity index (χ0v) is 26.2. The van der Waals surface area contributed by atoms with Crippen molar-refractivity contribution in [1.29, 1.82) is 0 Å². The molecule has 1 fully saturated rings. The molecule has 9 nitrogen and oxygen atoms in total. The van der Waals surface area contributed by atoms with E-state index in [2.05, 4.69) is 48.4 Å². The maximum absolute atomic E-state index is 13.2. The molecule has 43 heavy (non-hydrogen) atoms. The van der Waals surface area contributed by atoms with Crippen LogP contribution in [0.1, 0.15) is 86.2 Å². The number of rotatable bonds is 16. The molecular formula is C33H46N4O5S. The van der Waals surface area contributed by atoms with E-state index in [1.807, 2.05) is 43.3 Å². The number of hydrogen-bond acceptors (Lipinski definition) is 6. The minimum Gasteiger partial charge on any atom is -0.476 e. The third kappa shape index (κ3) is 13.0. The Balaban J connectivity index is 0.000000804. The Morgan fingerprint density at radius 1 is 1.19 bits per heavy atom. The van der Waals surface area contributed by atoms with E-state index in [1.165, 1.54) is 10.7 Å². The highest BCUT2D eigenvalue weighted by Gasteiger charge is 2.25. The molecule has 0 saturated heterocycles. The van der Waals surface area contributed by atoms with Crippen LogP contribution >= 0.6 is 12.6 Å². The van der Waals surface area contributed by atoms with Crippen molar-refractivity contribution in [2.24, 2.45) is 0 Å². The molecule has 1 unspecified atom stereocenters. The first-order chi connectivity index (χ1) is 20.7. The van der Waals surface area contributed by atoms with Crippen LogP contribution in [0.25, 0.3) is 0 Å². The highest BCUT2D eigenvalue weighted by molar-refractivity contribution is 7.80. The van der Waals surface area contributed by atoms with Gasteiger partial charge in [0.25, 0.3) is 5.91 Å². The first kappa shape index (κ1) is 35.6. The molecule has 3 rings (SSSR count). The van der Waals surface area contributed by atoms with E-state index in [-0.39, 0.29) is 42.0 Å². The Labute approximate surface area is 260 Å². The summed E-state index contributed by atoms with van der Waals surface area (Å²) in [5.41, 5.74) is 0.687. The molecular weight excluding hydrogens is 564 g/mol. The van der Waals surface area contributed by atoms with Gasteiger partial charge in [0.2, 0.25) is 5.91 Å². The molecule has 1 aliphatic carbocycles. The SMILES string of the molecule is C=C/C=C(\C=C)COC(CCC)C[C@H](CC)NC(=O)c1cc(C(=O)O)nn1CC(=O)NC1CCCC1.Sc1ccccc1. The standard InChI is InChI=1S/C27H40N4O5.C6H6S/c1-5-11-19(7-3)18-36-22(12-6-2)15-20(8-4)29-26(33)24-16-23(27(34)35)30-31(24)17-25(32)28-21-13-9-10-14-21;7-6-4-2-1-3-5-6/h5,7,11,16,20-22H,1,3,6,8-10,12-15,17-18H2,2,4H3,(H,28,32)(H,29,33)(H,34,35);1-5,7H/b19-11+;/t20-,22?;/m0./s1. The van der Waals surface area contributed by atoms with Gasteiger partial charge in [-0.05, 0) is 49.8 Å². The third-order valence-electron chi connectivity index (χ3n) is 7.07. The van der Waals surface area contributed by atoms with E-state index >= 15 is 0 Å². The number of carbonyl (C=O) groups excluding carboxylic acids is 2. The number of nitrogens with one attached hydrogen (secondary N) is 2.